The SMILES string of the molecule is Cc1cc(N(c2ccc(C(C)(C)C)cc2)c2ccc(C(C)(C)C)cc2)cc(N(c2ccc(S(C)(C)C)cc2-c2ccc(C(C)(C)C)cc2)c2csc3cc4c(cc23)C2(C)CCC4(C)CC2)c1. The quantitative estimate of drug-likeness (QED) is 0.150. The summed E-state index contributed by atoms with van der Waals surface area (Å²) in [5.74, 6) is 0. The Balaban J connectivity index is 1.31. The molecular formula is C62H74N2S2. The lowest BCUT2D eigenvalue weighted by atomic mass is 9.52. The summed E-state index contributed by atoms with van der Waals surface area (Å²) in [6, 6.07) is 47.8. The lowest BCUT2D eigenvalue weighted by Crippen LogP contribution is -2.44. The van der Waals surface area contributed by atoms with Crippen molar-refractivity contribution in [1.82, 2.24) is 0 Å². The second-order valence-electron chi connectivity index (χ2n) is 24.3. The number of fused-ring (bicyclic) bond motifs is 3. The van der Waals surface area contributed by atoms with E-state index in [1.165, 1.54) is 85.4 Å². The molecule has 1 aromatic heterocycles. The Morgan fingerprint density at radius 2 is 0.939 bits per heavy atom. The molecule has 1 heterocycles. The van der Waals surface area contributed by atoms with Gasteiger partial charge in [-0.2, -0.15) is 0 Å². The van der Waals surface area contributed by atoms with Gasteiger partial charge < -0.3 is 9.80 Å². The smallest absolute Gasteiger partial charge is 0.0647 e. The Bertz CT molecular complexity index is 2860. The molecule has 3 aliphatic rings. The van der Waals surface area contributed by atoms with E-state index in [4.69, 9.17) is 0 Å². The van der Waals surface area contributed by atoms with Crippen LogP contribution in [0.3, 0.4) is 0 Å². The van der Waals surface area contributed by atoms with E-state index in [1.807, 2.05) is 11.3 Å². The monoisotopic (exact) mass is 911 g/mol. The van der Waals surface area contributed by atoms with Crippen LogP contribution in [0.15, 0.2) is 132 Å². The molecular weight excluding hydrogens is 837 g/mol. The van der Waals surface area contributed by atoms with Gasteiger partial charge in [0.1, 0.15) is 0 Å². The molecule has 4 heteroatoms. The van der Waals surface area contributed by atoms with Crippen molar-refractivity contribution in [3.63, 3.8) is 0 Å². The molecule has 0 spiro atoms. The molecule has 66 heavy (non-hydrogen) atoms. The molecule has 10 rings (SSSR count). The zero-order valence-electron chi connectivity index (χ0n) is 42.7. The van der Waals surface area contributed by atoms with Crippen LogP contribution in [0.1, 0.15) is 135 Å². The molecule has 1 saturated carbocycles. The van der Waals surface area contributed by atoms with E-state index in [1.54, 1.807) is 11.1 Å². The first-order valence-corrected chi connectivity index (χ1v) is 28.0. The summed E-state index contributed by atoms with van der Waals surface area (Å²) in [6.07, 6.45) is 12.3. The van der Waals surface area contributed by atoms with Crippen molar-refractivity contribution >= 4 is 65.6 Å². The largest absolute Gasteiger partial charge is 0.310 e. The summed E-state index contributed by atoms with van der Waals surface area (Å²) in [6.45, 7) is 28.0. The maximum absolute atomic E-state index is 2.63. The van der Waals surface area contributed by atoms with Crippen LogP contribution in [-0.4, -0.2) is 18.8 Å². The van der Waals surface area contributed by atoms with Crippen molar-refractivity contribution in [3.8, 4) is 11.1 Å². The molecule has 344 valence electrons. The van der Waals surface area contributed by atoms with Gasteiger partial charge in [-0.1, -0.05) is 125 Å². The van der Waals surface area contributed by atoms with Crippen molar-refractivity contribution < 1.29 is 0 Å². The first-order chi connectivity index (χ1) is 30.8. The van der Waals surface area contributed by atoms with Crippen LogP contribution >= 0.6 is 21.4 Å². The van der Waals surface area contributed by atoms with Gasteiger partial charge in [0.2, 0.25) is 0 Å². The molecule has 0 aliphatic heterocycles. The van der Waals surface area contributed by atoms with E-state index < -0.39 is 10.0 Å². The first-order valence-electron chi connectivity index (χ1n) is 24.3. The van der Waals surface area contributed by atoms with Crippen LogP contribution in [0.4, 0.5) is 34.1 Å². The van der Waals surface area contributed by atoms with Gasteiger partial charge in [-0.15, -0.1) is 11.3 Å². The second-order valence-corrected chi connectivity index (χ2v) is 29.3. The van der Waals surface area contributed by atoms with E-state index in [0.717, 1.165) is 22.7 Å². The van der Waals surface area contributed by atoms with Gasteiger partial charge in [0, 0.05) is 43.8 Å². The third kappa shape index (κ3) is 8.55. The van der Waals surface area contributed by atoms with Crippen molar-refractivity contribution in [1.29, 1.82) is 0 Å². The van der Waals surface area contributed by atoms with Crippen LogP contribution in [0.25, 0.3) is 21.2 Å². The standard InChI is InChI=1S/C62H74N2S2/c1-41-34-48(63(46-24-20-44(21-25-46)59(5,6)7)47-26-22-45(23-27-47)60(8,9)10)36-49(35-41)64(56-40-65-57-39-54-53(38-52(56)57)61(11)30-32-62(54,12)33-31-61)55-29-28-50(66(13,14)15)37-51(55)42-16-18-43(19-17-42)58(2,3)4/h16-29,34-40H,30-33H2,1-15H3. The van der Waals surface area contributed by atoms with Gasteiger partial charge >= 0.3 is 0 Å². The molecule has 0 saturated heterocycles. The molecule has 0 N–H and O–H groups in total. The summed E-state index contributed by atoms with van der Waals surface area (Å²) in [5.41, 5.74) is 18.6. The zero-order chi connectivity index (χ0) is 47.4. The molecule has 0 unspecified atom stereocenters. The number of benzene rings is 6. The normalized spacial score (nSPS) is 19.0. The zero-order valence-corrected chi connectivity index (χ0v) is 44.3. The van der Waals surface area contributed by atoms with Crippen molar-refractivity contribution in [2.45, 2.75) is 141 Å². The van der Waals surface area contributed by atoms with Crippen molar-refractivity contribution in [2.24, 2.45) is 0 Å². The highest BCUT2D eigenvalue weighted by molar-refractivity contribution is 8.32. The number of anilines is 6. The number of rotatable bonds is 8. The summed E-state index contributed by atoms with van der Waals surface area (Å²) < 4.78 is 1.38. The van der Waals surface area contributed by atoms with Gasteiger partial charge in [0.15, 0.2) is 0 Å². The van der Waals surface area contributed by atoms with Gasteiger partial charge in [-0.05, 0) is 195 Å². The lowest BCUT2D eigenvalue weighted by Gasteiger charge is -2.52. The predicted octanol–water partition coefficient (Wildman–Crippen LogP) is 18.9. The molecule has 0 atom stereocenters. The molecule has 7 aromatic rings. The average Bonchev–Trinajstić information content (AvgIpc) is 3.66. The molecule has 0 radical (unpaired) electrons. The molecule has 1 fully saturated rings. The molecule has 0 amide bonds. The van der Waals surface area contributed by atoms with E-state index >= 15 is 0 Å². The summed E-state index contributed by atoms with van der Waals surface area (Å²) in [5, 5.41) is 3.81. The maximum Gasteiger partial charge on any atom is 0.0647 e. The fourth-order valence-corrected chi connectivity index (χ4v) is 12.6. The molecule has 2 nitrogen and oxygen atoms in total. The Labute approximate surface area is 403 Å². The number of hydrogen-bond donors (Lipinski definition) is 0. The van der Waals surface area contributed by atoms with Crippen LogP contribution in [0.2, 0.25) is 0 Å². The third-order valence-electron chi connectivity index (χ3n) is 15.2. The minimum absolute atomic E-state index is 0.0563. The van der Waals surface area contributed by atoms with E-state index in [0.29, 0.717) is 0 Å². The van der Waals surface area contributed by atoms with Crippen LogP contribution in [0.5, 0.6) is 0 Å². The Morgan fingerprint density at radius 1 is 0.485 bits per heavy atom. The highest BCUT2D eigenvalue weighted by Crippen LogP contribution is 2.59. The van der Waals surface area contributed by atoms with Crippen molar-refractivity contribution in [2.75, 3.05) is 28.6 Å². The summed E-state index contributed by atoms with van der Waals surface area (Å²) in [4.78, 5) is 6.49. The number of hydrogen-bond acceptors (Lipinski definition) is 3. The van der Waals surface area contributed by atoms with Crippen LogP contribution < -0.4 is 9.80 Å². The lowest BCUT2D eigenvalue weighted by molar-refractivity contribution is 0.188. The average molecular weight is 911 g/mol. The summed E-state index contributed by atoms with van der Waals surface area (Å²) in [7, 11) is -1.02. The summed E-state index contributed by atoms with van der Waals surface area (Å²) >= 11 is 1.91. The molecule has 2 bridgehead atoms. The van der Waals surface area contributed by atoms with Crippen molar-refractivity contribution in [3.05, 3.63) is 160 Å². The fourth-order valence-electron chi connectivity index (χ4n) is 10.7. The van der Waals surface area contributed by atoms with Crippen LogP contribution in [-0.2, 0) is 27.1 Å². The number of aryl methyl sites for hydroxylation is 1. The van der Waals surface area contributed by atoms with Gasteiger partial charge in [-0.3, -0.25) is 0 Å². The van der Waals surface area contributed by atoms with Gasteiger partial charge in [0.05, 0.1) is 11.4 Å². The highest BCUT2D eigenvalue weighted by Gasteiger charge is 2.48. The highest BCUT2D eigenvalue weighted by atomic mass is 32.3. The number of thiophene rings is 1. The minimum Gasteiger partial charge on any atom is -0.310 e. The Morgan fingerprint density at radius 3 is 1.41 bits per heavy atom. The second kappa shape index (κ2) is 16.2. The Kier molecular flexibility index (Phi) is 11.4. The van der Waals surface area contributed by atoms with E-state index in [9.17, 15) is 0 Å². The predicted molar refractivity (Wildman–Crippen MR) is 294 cm³/mol. The van der Waals surface area contributed by atoms with Crippen LogP contribution in [0, 0.1) is 6.92 Å². The van der Waals surface area contributed by atoms with Gasteiger partial charge in [-0.25, -0.2) is 10.0 Å². The maximum atomic E-state index is 2.63. The minimum atomic E-state index is -1.02. The Hall–Kier alpha value is -4.77. The van der Waals surface area contributed by atoms with E-state index in [2.05, 4.69) is 238 Å². The molecule has 6 aromatic carbocycles. The fraction of sp³-hybridized carbons (Fsp3) is 0.387. The molecule has 3 aliphatic carbocycles. The van der Waals surface area contributed by atoms with E-state index in [-0.39, 0.29) is 27.1 Å². The third-order valence-corrected chi connectivity index (χ3v) is 17.8. The first kappa shape index (κ1) is 46.3. The number of nitrogens with zero attached hydrogens (tertiary/aromatic N) is 2. The van der Waals surface area contributed by atoms with Gasteiger partial charge in [0.25, 0.3) is 0 Å². The topological polar surface area (TPSA) is 6.48 Å².